The van der Waals surface area contributed by atoms with Crippen molar-refractivity contribution in [1.82, 2.24) is 40.3 Å². The maximum atomic E-state index is 12.1. The molecule has 0 aromatic carbocycles. The number of aromatic nitrogens is 6. The van der Waals surface area contributed by atoms with E-state index >= 15 is 0 Å². The van der Waals surface area contributed by atoms with Gasteiger partial charge in [0.2, 0.25) is 5.91 Å². The first-order valence-corrected chi connectivity index (χ1v) is 9.36. The number of halogens is 1. The van der Waals surface area contributed by atoms with Gasteiger partial charge in [-0.15, -0.1) is 0 Å². The number of nitrogens with one attached hydrogen (secondary N) is 2. The summed E-state index contributed by atoms with van der Waals surface area (Å²) >= 11 is 6.10. The maximum Gasteiger partial charge on any atom is 0.316 e. The molecule has 0 unspecified atom stereocenters. The van der Waals surface area contributed by atoms with Crippen LogP contribution in [0, 0.1) is 24.0 Å². The van der Waals surface area contributed by atoms with E-state index in [1.807, 2.05) is 0 Å². The van der Waals surface area contributed by atoms with Crippen LogP contribution in [0.4, 0.5) is 5.69 Å². The van der Waals surface area contributed by atoms with E-state index in [-0.39, 0.29) is 43.6 Å². The molecule has 3 rings (SSSR count). The molecule has 2 N–H and O–H groups in total. The van der Waals surface area contributed by atoms with Gasteiger partial charge in [0.15, 0.2) is 5.82 Å². The van der Waals surface area contributed by atoms with Gasteiger partial charge in [-0.25, -0.2) is 0 Å². The number of carbonyl (C=O) groups is 2. The number of nitrogens with zero attached hydrogens (tertiary/aromatic N) is 7. The molecule has 2 amide bonds. The minimum atomic E-state index is -0.605. The van der Waals surface area contributed by atoms with Crippen LogP contribution >= 0.6 is 11.6 Å². The highest BCUT2D eigenvalue weighted by Crippen LogP contribution is 2.19. The van der Waals surface area contributed by atoms with E-state index in [4.69, 9.17) is 16.1 Å². The van der Waals surface area contributed by atoms with E-state index in [2.05, 4.69) is 31.0 Å². The zero-order valence-corrected chi connectivity index (χ0v) is 17.3. The third-order valence-electron chi connectivity index (χ3n) is 4.12. The number of rotatable bonds is 9. The average molecular weight is 452 g/mol. The highest BCUT2D eigenvalue weighted by molar-refractivity contribution is 6.31. The Morgan fingerprint density at radius 1 is 1.29 bits per heavy atom. The highest BCUT2D eigenvalue weighted by Gasteiger charge is 2.17. The molecule has 0 aliphatic heterocycles. The Morgan fingerprint density at radius 2 is 2.03 bits per heavy atom. The van der Waals surface area contributed by atoms with Crippen molar-refractivity contribution in [1.29, 1.82) is 0 Å². The lowest BCUT2D eigenvalue weighted by Gasteiger charge is -2.05. The van der Waals surface area contributed by atoms with Crippen LogP contribution in [-0.4, -0.2) is 59.5 Å². The topological polar surface area (TPSA) is 176 Å². The van der Waals surface area contributed by atoms with Crippen LogP contribution in [0.2, 0.25) is 5.02 Å². The molecular weight excluding hydrogens is 434 g/mol. The Labute approximate surface area is 179 Å². The van der Waals surface area contributed by atoms with Gasteiger partial charge in [0.1, 0.15) is 25.5 Å². The normalized spacial score (nSPS) is 10.8. The quantitative estimate of drug-likeness (QED) is 0.262. The average Bonchev–Trinajstić information content (AvgIpc) is 3.43. The number of aryl methyl sites for hydroxylation is 1. The fourth-order valence-electron chi connectivity index (χ4n) is 2.56. The third-order valence-corrected chi connectivity index (χ3v) is 4.66. The lowest BCUT2D eigenvalue weighted by atomic mass is 10.4. The summed E-state index contributed by atoms with van der Waals surface area (Å²) in [5, 5.41) is 28.0. The Morgan fingerprint density at radius 3 is 2.68 bits per heavy atom. The number of carbonyl (C=O) groups excluding carboxylic acids is 2. The van der Waals surface area contributed by atoms with E-state index in [1.165, 1.54) is 0 Å². The smallest absolute Gasteiger partial charge is 0.316 e. The van der Waals surface area contributed by atoms with Crippen LogP contribution in [0.1, 0.15) is 27.9 Å². The molecule has 0 saturated carbocycles. The summed E-state index contributed by atoms with van der Waals surface area (Å²) in [6.45, 7) is 3.81. The molecule has 0 saturated heterocycles. The fraction of sp³-hybridized carbons (Fsp3) is 0.375. The first-order valence-electron chi connectivity index (χ1n) is 8.98. The monoisotopic (exact) mass is 451 g/mol. The van der Waals surface area contributed by atoms with Gasteiger partial charge in [0.25, 0.3) is 0 Å². The SMILES string of the molecule is Cc1nn(Cc2noc(C(=O)NCCNC(=O)Cn3cc([N+](=O)[O-])cn3)n2)c(C)c1Cl. The van der Waals surface area contributed by atoms with Gasteiger partial charge in [0.05, 0.1) is 21.3 Å². The second-order valence-electron chi connectivity index (χ2n) is 6.42. The van der Waals surface area contributed by atoms with Crippen molar-refractivity contribution in [2.24, 2.45) is 0 Å². The third kappa shape index (κ3) is 5.42. The van der Waals surface area contributed by atoms with Crippen LogP contribution in [0.25, 0.3) is 0 Å². The minimum absolute atomic E-state index is 0.106. The molecule has 31 heavy (non-hydrogen) atoms. The molecule has 0 aliphatic rings. The summed E-state index contributed by atoms with van der Waals surface area (Å²) < 4.78 is 7.70. The molecule has 0 aliphatic carbocycles. The van der Waals surface area contributed by atoms with Crippen molar-refractivity contribution in [3.05, 3.63) is 50.6 Å². The summed E-state index contributed by atoms with van der Waals surface area (Å²) in [6, 6.07) is 0. The van der Waals surface area contributed by atoms with Gasteiger partial charge < -0.3 is 15.2 Å². The summed E-state index contributed by atoms with van der Waals surface area (Å²) in [5.74, 6) is -0.982. The molecule has 0 bridgehead atoms. The summed E-state index contributed by atoms with van der Waals surface area (Å²) in [6.07, 6.45) is 2.20. The Hall–Kier alpha value is -3.81. The zero-order valence-electron chi connectivity index (χ0n) is 16.5. The zero-order chi connectivity index (χ0) is 22.5. The lowest BCUT2D eigenvalue weighted by Crippen LogP contribution is -2.36. The Bertz CT molecular complexity index is 1120. The molecule has 0 spiro atoms. The summed E-state index contributed by atoms with van der Waals surface area (Å²) in [7, 11) is 0. The number of hydrogen-bond acceptors (Lipinski definition) is 9. The van der Waals surface area contributed by atoms with Gasteiger partial charge in [-0.2, -0.15) is 15.2 Å². The van der Waals surface area contributed by atoms with E-state index < -0.39 is 16.7 Å². The van der Waals surface area contributed by atoms with Crippen molar-refractivity contribution in [3.8, 4) is 0 Å². The standard InChI is InChI=1S/C16H18ClN9O5/c1-9-14(17)10(2)25(22-9)7-12-21-16(31-23-12)15(28)19-4-3-18-13(27)8-24-6-11(5-20-24)26(29)30/h5-6H,3-4,7-8H2,1-2H3,(H,18,27)(H,19,28). The van der Waals surface area contributed by atoms with Gasteiger partial charge >= 0.3 is 17.5 Å². The first-order chi connectivity index (χ1) is 14.7. The second kappa shape index (κ2) is 9.34. The second-order valence-corrected chi connectivity index (χ2v) is 6.80. The van der Waals surface area contributed by atoms with Gasteiger partial charge in [0, 0.05) is 13.1 Å². The van der Waals surface area contributed by atoms with Crippen molar-refractivity contribution in [2.75, 3.05) is 13.1 Å². The van der Waals surface area contributed by atoms with E-state index in [1.54, 1.807) is 18.5 Å². The minimum Gasteiger partial charge on any atom is -0.353 e. The molecule has 3 heterocycles. The number of hydrogen-bond donors (Lipinski definition) is 2. The van der Waals surface area contributed by atoms with Gasteiger partial charge in [-0.1, -0.05) is 16.8 Å². The maximum absolute atomic E-state index is 12.1. The summed E-state index contributed by atoms with van der Waals surface area (Å²) in [5.41, 5.74) is 1.21. The predicted octanol–water partition coefficient (Wildman–Crippen LogP) is 0.236. The van der Waals surface area contributed by atoms with Crippen LogP contribution in [0.5, 0.6) is 0 Å². The van der Waals surface area contributed by atoms with Crippen LogP contribution < -0.4 is 10.6 Å². The molecule has 3 aromatic rings. The first kappa shape index (κ1) is 21.9. The summed E-state index contributed by atoms with van der Waals surface area (Å²) in [4.78, 5) is 37.9. The van der Waals surface area contributed by atoms with E-state index in [0.717, 1.165) is 22.8 Å². The van der Waals surface area contributed by atoms with Crippen molar-refractivity contribution >= 4 is 29.1 Å². The molecule has 0 radical (unpaired) electrons. The van der Waals surface area contributed by atoms with Crippen LogP contribution in [-0.2, 0) is 17.9 Å². The molecule has 14 nitrogen and oxygen atoms in total. The fourth-order valence-corrected chi connectivity index (χ4v) is 2.70. The van der Waals surface area contributed by atoms with E-state index in [0.29, 0.717) is 10.7 Å². The van der Waals surface area contributed by atoms with Crippen LogP contribution in [0.3, 0.4) is 0 Å². The van der Waals surface area contributed by atoms with Crippen molar-refractivity contribution < 1.29 is 19.0 Å². The number of nitro groups is 1. The highest BCUT2D eigenvalue weighted by atomic mass is 35.5. The Balaban J connectivity index is 1.42. The van der Waals surface area contributed by atoms with Crippen molar-refractivity contribution in [3.63, 3.8) is 0 Å². The molecular formula is C16H18ClN9O5. The molecule has 0 atom stereocenters. The van der Waals surface area contributed by atoms with Gasteiger partial charge in [-0.3, -0.25) is 29.1 Å². The number of amides is 2. The molecule has 15 heteroatoms. The van der Waals surface area contributed by atoms with Gasteiger partial charge in [-0.05, 0) is 13.8 Å². The van der Waals surface area contributed by atoms with Crippen molar-refractivity contribution in [2.45, 2.75) is 26.9 Å². The molecule has 3 aromatic heterocycles. The Kier molecular flexibility index (Phi) is 6.59. The van der Waals surface area contributed by atoms with E-state index in [9.17, 15) is 19.7 Å². The predicted molar refractivity (Wildman–Crippen MR) is 104 cm³/mol. The molecule has 164 valence electrons. The lowest BCUT2D eigenvalue weighted by molar-refractivity contribution is -0.385. The van der Waals surface area contributed by atoms with Crippen LogP contribution in [0.15, 0.2) is 16.9 Å². The largest absolute Gasteiger partial charge is 0.353 e. The molecule has 0 fully saturated rings.